The number of nitrogens with one attached hydrogen (secondary N) is 1. The third-order valence-corrected chi connectivity index (χ3v) is 2.08. The van der Waals surface area contributed by atoms with Crippen LogP contribution in [0.3, 0.4) is 0 Å². The van der Waals surface area contributed by atoms with Gasteiger partial charge in [0, 0.05) is 19.4 Å². The Morgan fingerprint density at radius 2 is 2.50 bits per heavy atom. The summed E-state index contributed by atoms with van der Waals surface area (Å²) < 4.78 is 0. The smallest absolute Gasteiger partial charge is 0.239 e. The molecule has 14 heavy (non-hydrogen) atoms. The van der Waals surface area contributed by atoms with Gasteiger partial charge in [-0.1, -0.05) is 6.92 Å². The van der Waals surface area contributed by atoms with E-state index < -0.39 is 6.04 Å². The highest BCUT2D eigenvalue weighted by molar-refractivity contribution is 5.81. The van der Waals surface area contributed by atoms with Crippen LogP contribution in [-0.4, -0.2) is 33.9 Å². The summed E-state index contributed by atoms with van der Waals surface area (Å²) in [5, 5.41) is 0. The van der Waals surface area contributed by atoms with Gasteiger partial charge in [-0.3, -0.25) is 4.79 Å². The number of aromatic nitrogens is 2. The molecule has 0 spiro atoms. The Kier molecular flexibility index (Phi) is 3.64. The summed E-state index contributed by atoms with van der Waals surface area (Å²) in [6.45, 7) is 2.36. The van der Waals surface area contributed by atoms with E-state index >= 15 is 0 Å². The van der Waals surface area contributed by atoms with E-state index in [9.17, 15) is 4.79 Å². The predicted octanol–water partition coefficient (Wildman–Crippen LogP) is 0.105. The molecule has 3 N–H and O–H groups in total. The standard InChI is InChI=1S/C9H16N4O/c1-3-7(10)9(14)13(2)6-8-11-4-5-12-8/h4-5,7H,3,6,10H2,1-2H3,(H,11,12)/t7-/m0/s1. The Hall–Kier alpha value is -1.36. The fourth-order valence-corrected chi connectivity index (χ4v) is 1.14. The number of aromatic amines is 1. The molecule has 78 valence electrons. The number of amides is 1. The number of carbonyl (C=O) groups is 1. The molecule has 0 aliphatic rings. The Morgan fingerprint density at radius 3 is 3.00 bits per heavy atom. The molecule has 5 nitrogen and oxygen atoms in total. The Morgan fingerprint density at radius 1 is 1.79 bits per heavy atom. The number of nitrogens with zero attached hydrogens (tertiary/aromatic N) is 2. The molecule has 1 atom stereocenters. The Bertz CT molecular complexity index is 283. The molecule has 1 aromatic heterocycles. The molecular weight excluding hydrogens is 180 g/mol. The molecule has 1 amide bonds. The van der Waals surface area contributed by atoms with E-state index in [0.29, 0.717) is 13.0 Å². The zero-order valence-corrected chi connectivity index (χ0v) is 8.53. The lowest BCUT2D eigenvalue weighted by Crippen LogP contribution is -2.41. The van der Waals surface area contributed by atoms with Crippen LogP contribution in [0.2, 0.25) is 0 Å². The van der Waals surface area contributed by atoms with Gasteiger partial charge in [0.1, 0.15) is 5.82 Å². The molecule has 0 aliphatic heterocycles. The maximum Gasteiger partial charge on any atom is 0.239 e. The molecule has 0 saturated carbocycles. The van der Waals surface area contributed by atoms with E-state index in [-0.39, 0.29) is 5.91 Å². The molecular formula is C9H16N4O. The van der Waals surface area contributed by atoms with Crippen LogP contribution < -0.4 is 5.73 Å². The summed E-state index contributed by atoms with van der Waals surface area (Å²) in [5.74, 6) is 0.716. The molecule has 0 radical (unpaired) electrons. The zero-order valence-electron chi connectivity index (χ0n) is 8.53. The van der Waals surface area contributed by atoms with E-state index in [4.69, 9.17) is 5.73 Å². The van der Waals surface area contributed by atoms with Gasteiger partial charge in [0.05, 0.1) is 12.6 Å². The number of hydrogen-bond donors (Lipinski definition) is 2. The van der Waals surface area contributed by atoms with Crippen molar-refractivity contribution in [3.8, 4) is 0 Å². The molecule has 1 heterocycles. The summed E-state index contributed by atoms with van der Waals surface area (Å²) in [6.07, 6.45) is 4.04. The predicted molar refractivity (Wildman–Crippen MR) is 53.3 cm³/mol. The van der Waals surface area contributed by atoms with Crippen LogP contribution in [0.5, 0.6) is 0 Å². The van der Waals surface area contributed by atoms with Gasteiger partial charge in [-0.2, -0.15) is 0 Å². The first kappa shape index (κ1) is 10.7. The second kappa shape index (κ2) is 4.76. The van der Waals surface area contributed by atoms with Gasteiger partial charge in [-0.15, -0.1) is 0 Å². The van der Waals surface area contributed by atoms with Crippen molar-refractivity contribution in [1.29, 1.82) is 0 Å². The molecule has 0 fully saturated rings. The average Bonchev–Trinajstić information content (AvgIpc) is 2.68. The van der Waals surface area contributed by atoms with Gasteiger partial charge >= 0.3 is 0 Å². The van der Waals surface area contributed by atoms with Crippen LogP contribution in [0.4, 0.5) is 0 Å². The topological polar surface area (TPSA) is 75.0 Å². The minimum absolute atomic E-state index is 0.0519. The van der Waals surface area contributed by atoms with Crippen LogP contribution in [-0.2, 0) is 11.3 Å². The van der Waals surface area contributed by atoms with Crippen LogP contribution in [0.1, 0.15) is 19.2 Å². The normalized spacial score (nSPS) is 12.5. The van der Waals surface area contributed by atoms with Crippen molar-refractivity contribution in [2.24, 2.45) is 5.73 Å². The highest BCUT2D eigenvalue weighted by Crippen LogP contribution is 1.99. The SMILES string of the molecule is CC[C@H](N)C(=O)N(C)Cc1ncc[nH]1. The maximum atomic E-state index is 11.6. The van der Waals surface area contributed by atoms with E-state index in [1.807, 2.05) is 6.92 Å². The number of imidazole rings is 1. The first-order valence-corrected chi connectivity index (χ1v) is 4.64. The molecule has 5 heteroatoms. The number of nitrogens with two attached hydrogens (primary N) is 1. The van der Waals surface area contributed by atoms with E-state index in [0.717, 1.165) is 5.82 Å². The van der Waals surface area contributed by atoms with Gasteiger partial charge < -0.3 is 15.6 Å². The molecule has 0 unspecified atom stereocenters. The molecule has 1 aromatic rings. The average molecular weight is 196 g/mol. The van der Waals surface area contributed by atoms with Gasteiger partial charge in [0.25, 0.3) is 0 Å². The zero-order chi connectivity index (χ0) is 10.6. The quantitative estimate of drug-likeness (QED) is 0.717. The van der Waals surface area contributed by atoms with Crippen LogP contribution >= 0.6 is 0 Å². The van der Waals surface area contributed by atoms with Crippen molar-refractivity contribution in [1.82, 2.24) is 14.9 Å². The second-order valence-corrected chi connectivity index (χ2v) is 3.24. The van der Waals surface area contributed by atoms with Crippen LogP contribution in [0.25, 0.3) is 0 Å². The molecule has 0 aromatic carbocycles. The van der Waals surface area contributed by atoms with Crippen molar-refractivity contribution in [3.63, 3.8) is 0 Å². The highest BCUT2D eigenvalue weighted by atomic mass is 16.2. The van der Waals surface area contributed by atoms with Crippen LogP contribution in [0.15, 0.2) is 12.4 Å². The first-order valence-electron chi connectivity index (χ1n) is 4.64. The first-order chi connectivity index (χ1) is 6.65. The summed E-state index contributed by atoms with van der Waals surface area (Å²) in [6, 6.07) is -0.407. The lowest BCUT2D eigenvalue weighted by Gasteiger charge is -2.19. The summed E-state index contributed by atoms with van der Waals surface area (Å²) in [7, 11) is 1.72. The van der Waals surface area contributed by atoms with Gasteiger partial charge in [0.15, 0.2) is 0 Å². The molecule has 0 aliphatic carbocycles. The number of likely N-dealkylation sites (N-methyl/N-ethyl adjacent to an activating group) is 1. The fraction of sp³-hybridized carbons (Fsp3) is 0.556. The lowest BCUT2D eigenvalue weighted by atomic mass is 10.2. The number of carbonyl (C=O) groups excluding carboxylic acids is 1. The largest absolute Gasteiger partial charge is 0.347 e. The summed E-state index contributed by atoms with van der Waals surface area (Å²) >= 11 is 0. The monoisotopic (exact) mass is 196 g/mol. The number of hydrogen-bond acceptors (Lipinski definition) is 3. The van der Waals surface area contributed by atoms with Gasteiger partial charge in [-0.25, -0.2) is 4.98 Å². The second-order valence-electron chi connectivity index (χ2n) is 3.24. The van der Waals surface area contributed by atoms with Crippen LogP contribution in [0, 0.1) is 0 Å². The summed E-state index contributed by atoms with van der Waals surface area (Å²) in [4.78, 5) is 20.1. The van der Waals surface area contributed by atoms with E-state index in [2.05, 4.69) is 9.97 Å². The maximum absolute atomic E-state index is 11.6. The molecule has 0 saturated heterocycles. The minimum Gasteiger partial charge on any atom is -0.347 e. The van der Waals surface area contributed by atoms with Crippen molar-refractivity contribution in [3.05, 3.63) is 18.2 Å². The van der Waals surface area contributed by atoms with Crippen molar-refractivity contribution in [2.75, 3.05) is 7.05 Å². The third kappa shape index (κ3) is 2.56. The van der Waals surface area contributed by atoms with E-state index in [1.54, 1.807) is 24.3 Å². The third-order valence-electron chi connectivity index (χ3n) is 2.08. The molecule has 0 bridgehead atoms. The Balaban J connectivity index is 2.50. The van der Waals surface area contributed by atoms with Gasteiger partial charge in [-0.05, 0) is 6.42 Å². The van der Waals surface area contributed by atoms with Crippen molar-refractivity contribution in [2.45, 2.75) is 25.9 Å². The molecule has 1 rings (SSSR count). The van der Waals surface area contributed by atoms with E-state index in [1.165, 1.54) is 0 Å². The van der Waals surface area contributed by atoms with Crippen molar-refractivity contribution < 1.29 is 4.79 Å². The highest BCUT2D eigenvalue weighted by Gasteiger charge is 2.16. The van der Waals surface area contributed by atoms with Crippen molar-refractivity contribution >= 4 is 5.91 Å². The summed E-state index contributed by atoms with van der Waals surface area (Å²) in [5.41, 5.74) is 5.62. The lowest BCUT2D eigenvalue weighted by molar-refractivity contribution is -0.131. The Labute approximate surface area is 83.3 Å². The van der Waals surface area contributed by atoms with Gasteiger partial charge in [0.2, 0.25) is 5.91 Å². The fourth-order valence-electron chi connectivity index (χ4n) is 1.14. The number of H-pyrrole nitrogens is 1. The minimum atomic E-state index is -0.407. The number of rotatable bonds is 4.